The molecule has 5 rings (SSSR count). The first kappa shape index (κ1) is 16.8. The van der Waals surface area contributed by atoms with E-state index in [1.807, 2.05) is 30.3 Å². The van der Waals surface area contributed by atoms with Crippen molar-refractivity contribution in [2.24, 2.45) is 0 Å². The van der Waals surface area contributed by atoms with E-state index in [1.54, 1.807) is 25.1 Å². The molecule has 1 atom stereocenters. The van der Waals surface area contributed by atoms with Crippen molar-refractivity contribution >= 4 is 34.5 Å². The van der Waals surface area contributed by atoms with E-state index in [0.717, 1.165) is 21.8 Å². The first-order valence-corrected chi connectivity index (χ1v) is 9.68. The summed E-state index contributed by atoms with van der Waals surface area (Å²) >= 11 is 1.45. The van der Waals surface area contributed by atoms with Gasteiger partial charge in [-0.05, 0) is 43.3 Å². The Morgan fingerprint density at radius 3 is 2.93 bits per heavy atom. The van der Waals surface area contributed by atoms with Gasteiger partial charge in [-0.25, -0.2) is 0 Å². The fourth-order valence-electron chi connectivity index (χ4n) is 3.29. The van der Waals surface area contributed by atoms with Crippen molar-refractivity contribution in [2.75, 3.05) is 10.6 Å². The van der Waals surface area contributed by atoms with Crippen LogP contribution in [0.3, 0.4) is 0 Å². The first-order chi connectivity index (χ1) is 13.6. The van der Waals surface area contributed by atoms with Crippen molar-refractivity contribution in [1.29, 1.82) is 0 Å². The van der Waals surface area contributed by atoms with Gasteiger partial charge in [0.05, 0.1) is 10.6 Å². The topological polar surface area (TPSA) is 76.7 Å². The fraction of sp³-hybridized carbons (Fsp3) is 0.143. The van der Waals surface area contributed by atoms with E-state index in [9.17, 15) is 9.59 Å². The Labute approximate surface area is 165 Å². The molecule has 2 N–H and O–H groups in total. The van der Waals surface area contributed by atoms with Gasteiger partial charge in [-0.1, -0.05) is 12.1 Å². The van der Waals surface area contributed by atoms with E-state index in [1.165, 1.54) is 11.3 Å². The number of benzene rings is 2. The normalized spacial score (nSPS) is 16.6. The van der Waals surface area contributed by atoms with Crippen molar-refractivity contribution < 1.29 is 19.1 Å². The number of fused-ring (bicyclic) bond motifs is 4. The number of carbonyl (C=O) groups excluding carboxylic acids is 2. The van der Waals surface area contributed by atoms with Crippen LogP contribution < -0.4 is 20.1 Å². The molecule has 3 aromatic rings. The van der Waals surface area contributed by atoms with E-state index in [2.05, 4.69) is 10.6 Å². The molecule has 28 heavy (non-hydrogen) atoms. The number of carbonyl (C=O) groups is 2. The van der Waals surface area contributed by atoms with Gasteiger partial charge in [0.1, 0.15) is 18.1 Å². The summed E-state index contributed by atoms with van der Waals surface area (Å²) in [5, 5.41) is 5.68. The summed E-state index contributed by atoms with van der Waals surface area (Å²) in [6.45, 7) is 2.14. The number of thiophene rings is 1. The number of anilines is 2. The van der Waals surface area contributed by atoms with Crippen LogP contribution in [-0.2, 0) is 11.4 Å². The zero-order valence-corrected chi connectivity index (χ0v) is 15.8. The molecule has 1 unspecified atom stereocenters. The molecule has 2 amide bonds. The van der Waals surface area contributed by atoms with Gasteiger partial charge in [-0.15, -0.1) is 11.3 Å². The average Bonchev–Trinajstić information content (AvgIpc) is 3.14. The van der Waals surface area contributed by atoms with Gasteiger partial charge < -0.3 is 20.1 Å². The van der Waals surface area contributed by atoms with Crippen LogP contribution in [-0.4, -0.2) is 17.9 Å². The molecule has 0 saturated carbocycles. The van der Waals surface area contributed by atoms with Gasteiger partial charge in [0.2, 0.25) is 0 Å². The number of amides is 2. The maximum atomic E-state index is 12.8. The Balaban J connectivity index is 1.40. The molecule has 0 aliphatic carbocycles. The van der Waals surface area contributed by atoms with Crippen LogP contribution in [0.5, 0.6) is 11.5 Å². The third-order valence-electron chi connectivity index (χ3n) is 4.72. The van der Waals surface area contributed by atoms with E-state index in [-0.39, 0.29) is 11.8 Å². The molecule has 3 heterocycles. The third-order valence-corrected chi connectivity index (χ3v) is 5.93. The SMILES string of the molecule is CC1Oc2ccc(NC(=O)c3cc4c(s3)-c3ccccc3OC4)cc2NC1=O. The highest BCUT2D eigenvalue weighted by atomic mass is 32.1. The molecule has 0 saturated heterocycles. The Kier molecular flexibility index (Phi) is 3.84. The highest BCUT2D eigenvalue weighted by Crippen LogP contribution is 2.42. The smallest absolute Gasteiger partial charge is 0.265 e. The molecule has 0 fully saturated rings. The van der Waals surface area contributed by atoms with E-state index in [4.69, 9.17) is 9.47 Å². The molecular formula is C21H16N2O4S. The maximum absolute atomic E-state index is 12.8. The summed E-state index contributed by atoms with van der Waals surface area (Å²) in [4.78, 5) is 26.2. The van der Waals surface area contributed by atoms with Crippen LogP contribution in [0.15, 0.2) is 48.5 Å². The minimum atomic E-state index is -0.532. The van der Waals surface area contributed by atoms with Gasteiger partial charge in [-0.3, -0.25) is 9.59 Å². The second-order valence-electron chi connectivity index (χ2n) is 6.66. The monoisotopic (exact) mass is 392 g/mol. The summed E-state index contributed by atoms with van der Waals surface area (Å²) in [5.41, 5.74) is 3.16. The molecule has 2 aliphatic heterocycles. The van der Waals surface area contributed by atoms with Crippen LogP contribution in [0, 0.1) is 0 Å². The lowest BCUT2D eigenvalue weighted by molar-refractivity contribution is -0.122. The minimum absolute atomic E-state index is 0.201. The molecule has 2 aliphatic rings. The molecule has 7 heteroatoms. The lowest BCUT2D eigenvalue weighted by Gasteiger charge is -2.23. The summed E-state index contributed by atoms with van der Waals surface area (Å²) < 4.78 is 11.3. The Morgan fingerprint density at radius 2 is 2.04 bits per heavy atom. The van der Waals surface area contributed by atoms with Crippen molar-refractivity contribution in [2.45, 2.75) is 19.6 Å². The number of para-hydroxylation sites is 1. The van der Waals surface area contributed by atoms with Crippen LogP contribution in [0.4, 0.5) is 11.4 Å². The molecule has 6 nitrogen and oxygen atoms in total. The van der Waals surface area contributed by atoms with Gasteiger partial charge in [-0.2, -0.15) is 0 Å². The lowest BCUT2D eigenvalue weighted by Crippen LogP contribution is -2.34. The third kappa shape index (κ3) is 2.80. The Bertz CT molecular complexity index is 1120. The Morgan fingerprint density at radius 1 is 1.18 bits per heavy atom. The van der Waals surface area contributed by atoms with E-state index >= 15 is 0 Å². The Hall–Kier alpha value is -3.32. The van der Waals surface area contributed by atoms with Crippen LogP contribution >= 0.6 is 11.3 Å². The minimum Gasteiger partial charge on any atom is -0.488 e. The van der Waals surface area contributed by atoms with Gasteiger partial charge >= 0.3 is 0 Å². The van der Waals surface area contributed by atoms with E-state index < -0.39 is 6.10 Å². The predicted octanol–water partition coefficient (Wildman–Crippen LogP) is 4.28. The van der Waals surface area contributed by atoms with Crippen LogP contribution in [0.25, 0.3) is 10.4 Å². The highest BCUT2D eigenvalue weighted by molar-refractivity contribution is 7.17. The maximum Gasteiger partial charge on any atom is 0.265 e. The first-order valence-electron chi connectivity index (χ1n) is 8.86. The van der Waals surface area contributed by atoms with Crippen molar-refractivity contribution in [3.8, 4) is 21.9 Å². The van der Waals surface area contributed by atoms with Gasteiger partial charge in [0.15, 0.2) is 6.10 Å². The summed E-state index contributed by atoms with van der Waals surface area (Å²) in [7, 11) is 0. The van der Waals surface area contributed by atoms with Gasteiger partial charge in [0.25, 0.3) is 11.8 Å². The number of hydrogen-bond acceptors (Lipinski definition) is 5. The number of nitrogens with one attached hydrogen (secondary N) is 2. The molecule has 140 valence electrons. The fourth-order valence-corrected chi connectivity index (χ4v) is 4.38. The van der Waals surface area contributed by atoms with Crippen LogP contribution in [0.1, 0.15) is 22.2 Å². The zero-order valence-electron chi connectivity index (χ0n) is 14.9. The number of rotatable bonds is 2. The van der Waals surface area contributed by atoms with Crippen molar-refractivity contribution in [3.63, 3.8) is 0 Å². The second kappa shape index (κ2) is 6.38. The highest BCUT2D eigenvalue weighted by Gasteiger charge is 2.25. The second-order valence-corrected chi connectivity index (χ2v) is 7.72. The molecule has 1 aromatic heterocycles. The molecular weight excluding hydrogens is 376 g/mol. The van der Waals surface area contributed by atoms with Gasteiger partial charge in [0, 0.05) is 21.7 Å². The van der Waals surface area contributed by atoms with Crippen molar-refractivity contribution in [3.05, 3.63) is 59.0 Å². The van der Waals surface area contributed by atoms with Crippen molar-refractivity contribution in [1.82, 2.24) is 0 Å². The largest absolute Gasteiger partial charge is 0.488 e. The number of hydrogen-bond donors (Lipinski definition) is 2. The molecule has 0 radical (unpaired) electrons. The zero-order chi connectivity index (χ0) is 19.3. The molecule has 0 bridgehead atoms. The van der Waals surface area contributed by atoms with Crippen LogP contribution in [0.2, 0.25) is 0 Å². The molecule has 2 aromatic carbocycles. The van der Waals surface area contributed by atoms with E-state index in [0.29, 0.717) is 28.6 Å². The predicted molar refractivity (Wildman–Crippen MR) is 107 cm³/mol. The standard InChI is InChI=1S/C21H16N2O4S/c1-11-20(24)23-15-9-13(6-7-17(15)27-11)22-21(25)18-8-12-10-26-16-5-3-2-4-14(16)19(12)28-18/h2-9,11H,10H2,1H3,(H,22,25)(H,23,24). The molecule has 0 spiro atoms. The summed E-state index contributed by atoms with van der Waals surface area (Å²) in [6.07, 6.45) is -0.532. The quantitative estimate of drug-likeness (QED) is 0.683. The summed E-state index contributed by atoms with van der Waals surface area (Å²) in [5.74, 6) is 1.02. The lowest BCUT2D eigenvalue weighted by atomic mass is 10.1. The number of ether oxygens (including phenoxy) is 2. The average molecular weight is 392 g/mol. The summed E-state index contributed by atoms with van der Waals surface area (Å²) in [6, 6.07) is 14.9.